The fourth-order valence-electron chi connectivity index (χ4n) is 2.96. The second kappa shape index (κ2) is 10.9. The van der Waals surface area contributed by atoms with E-state index in [2.05, 4.69) is 10.0 Å². The predicted octanol–water partition coefficient (Wildman–Crippen LogP) is 1.90. The second-order valence-electron chi connectivity index (χ2n) is 7.15. The number of nitrogens with one attached hydrogen (secondary N) is 2. The summed E-state index contributed by atoms with van der Waals surface area (Å²) in [4.78, 5) is 35.1. The zero-order valence-corrected chi connectivity index (χ0v) is 18.8. The van der Waals surface area contributed by atoms with Crippen molar-refractivity contribution >= 4 is 33.4 Å². The maximum atomic E-state index is 12.4. The van der Waals surface area contributed by atoms with Crippen LogP contribution in [-0.2, 0) is 24.3 Å². The van der Waals surface area contributed by atoms with Crippen molar-refractivity contribution in [3.05, 3.63) is 48.0 Å². The minimum atomic E-state index is -3.78. The van der Waals surface area contributed by atoms with Gasteiger partial charge in [0.05, 0.1) is 4.90 Å². The number of ether oxygens (including phenoxy) is 3. The zero-order valence-electron chi connectivity index (χ0n) is 18.0. The molecule has 2 aromatic carbocycles. The standard InChI is InChI=1S/C22H24N2O8S/c1-15(25)24-17-6-4-16(5-7-17)19(26)14-32-22(27)3-2-10-23-33(28,29)18-8-9-20-21(13-18)31-12-11-30-20/h4-9,13,23H,2-3,10-12,14H2,1H3,(H,24,25). The molecule has 3 rings (SSSR count). The van der Waals surface area contributed by atoms with Gasteiger partial charge in [-0.3, -0.25) is 14.4 Å². The van der Waals surface area contributed by atoms with Crippen LogP contribution in [0.5, 0.6) is 11.5 Å². The number of carbonyl (C=O) groups is 3. The van der Waals surface area contributed by atoms with Crippen LogP contribution < -0.4 is 19.5 Å². The number of sulfonamides is 1. The maximum absolute atomic E-state index is 12.4. The molecular weight excluding hydrogens is 452 g/mol. The van der Waals surface area contributed by atoms with Gasteiger partial charge in [-0.2, -0.15) is 0 Å². The molecule has 0 aliphatic carbocycles. The van der Waals surface area contributed by atoms with Crippen LogP contribution in [-0.4, -0.2) is 52.4 Å². The Hall–Kier alpha value is -3.44. The van der Waals surface area contributed by atoms with Crippen LogP contribution in [0.4, 0.5) is 5.69 Å². The molecule has 11 heteroatoms. The number of Topliss-reactive ketones (excluding diaryl/α,β-unsaturated/α-hetero) is 1. The number of fused-ring (bicyclic) bond motifs is 1. The topological polar surface area (TPSA) is 137 Å². The summed E-state index contributed by atoms with van der Waals surface area (Å²) < 4.78 is 43.0. The van der Waals surface area contributed by atoms with Gasteiger partial charge in [-0.1, -0.05) is 0 Å². The smallest absolute Gasteiger partial charge is 0.306 e. The van der Waals surface area contributed by atoms with Crippen molar-refractivity contribution in [1.29, 1.82) is 0 Å². The van der Waals surface area contributed by atoms with Gasteiger partial charge in [0, 0.05) is 37.2 Å². The molecule has 2 aromatic rings. The zero-order chi connectivity index (χ0) is 23.8. The molecule has 10 nitrogen and oxygen atoms in total. The first kappa shape index (κ1) is 24.2. The van der Waals surface area contributed by atoms with Crippen molar-refractivity contribution in [1.82, 2.24) is 4.72 Å². The van der Waals surface area contributed by atoms with Crippen LogP contribution in [0.3, 0.4) is 0 Å². The average Bonchev–Trinajstić information content (AvgIpc) is 2.80. The van der Waals surface area contributed by atoms with Crippen LogP contribution >= 0.6 is 0 Å². The fourth-order valence-corrected chi connectivity index (χ4v) is 4.05. The van der Waals surface area contributed by atoms with E-state index in [0.29, 0.717) is 36.0 Å². The largest absolute Gasteiger partial charge is 0.486 e. The predicted molar refractivity (Wildman–Crippen MR) is 118 cm³/mol. The lowest BCUT2D eigenvalue weighted by molar-refractivity contribution is -0.142. The number of benzene rings is 2. The number of hydrogen-bond acceptors (Lipinski definition) is 8. The number of anilines is 1. The van der Waals surface area contributed by atoms with Gasteiger partial charge in [0.25, 0.3) is 0 Å². The fraction of sp³-hybridized carbons (Fsp3) is 0.318. The van der Waals surface area contributed by atoms with E-state index in [1.165, 1.54) is 37.3 Å². The highest BCUT2D eigenvalue weighted by Gasteiger charge is 2.19. The Balaban J connectivity index is 1.39. The molecule has 0 radical (unpaired) electrons. The molecule has 1 amide bonds. The summed E-state index contributed by atoms with van der Waals surface area (Å²) in [5, 5.41) is 2.59. The summed E-state index contributed by atoms with van der Waals surface area (Å²) in [5.74, 6) is -0.381. The Morgan fingerprint density at radius 3 is 2.39 bits per heavy atom. The van der Waals surface area contributed by atoms with Crippen LogP contribution in [0.1, 0.15) is 30.1 Å². The Kier molecular flexibility index (Phi) is 8.01. The van der Waals surface area contributed by atoms with Gasteiger partial charge >= 0.3 is 5.97 Å². The van der Waals surface area contributed by atoms with Gasteiger partial charge in [-0.05, 0) is 42.8 Å². The first-order chi connectivity index (χ1) is 15.7. The van der Waals surface area contributed by atoms with Crippen LogP contribution in [0.15, 0.2) is 47.4 Å². The summed E-state index contributed by atoms with van der Waals surface area (Å²) in [6, 6.07) is 10.5. The summed E-state index contributed by atoms with van der Waals surface area (Å²) in [5.41, 5.74) is 0.888. The van der Waals surface area contributed by atoms with Crippen molar-refractivity contribution in [2.45, 2.75) is 24.7 Å². The van der Waals surface area contributed by atoms with E-state index in [0.717, 1.165) is 0 Å². The molecule has 0 spiro atoms. The lowest BCUT2D eigenvalue weighted by Crippen LogP contribution is -2.26. The van der Waals surface area contributed by atoms with Crippen molar-refractivity contribution in [2.75, 3.05) is 31.7 Å². The van der Waals surface area contributed by atoms with Crippen LogP contribution in [0.2, 0.25) is 0 Å². The summed E-state index contributed by atoms with van der Waals surface area (Å²) >= 11 is 0. The Labute approximate surface area is 191 Å². The average molecular weight is 477 g/mol. The number of rotatable bonds is 10. The van der Waals surface area contributed by atoms with Gasteiger partial charge in [0.15, 0.2) is 23.9 Å². The molecule has 0 fully saturated rings. The third-order valence-corrected chi connectivity index (χ3v) is 6.02. The van der Waals surface area contributed by atoms with E-state index in [4.69, 9.17) is 14.2 Å². The Morgan fingerprint density at radius 1 is 1.00 bits per heavy atom. The number of hydrogen-bond donors (Lipinski definition) is 2. The number of ketones is 1. The summed E-state index contributed by atoms with van der Waals surface area (Å²) in [6.07, 6.45) is 0.140. The van der Waals surface area contributed by atoms with Gasteiger partial charge < -0.3 is 19.5 Å². The van der Waals surface area contributed by atoms with Gasteiger partial charge in [0.1, 0.15) is 13.2 Å². The van der Waals surface area contributed by atoms with Gasteiger partial charge in [0.2, 0.25) is 15.9 Å². The summed E-state index contributed by atoms with van der Waals surface area (Å²) in [7, 11) is -3.78. The van der Waals surface area contributed by atoms with E-state index in [1.54, 1.807) is 12.1 Å². The van der Waals surface area contributed by atoms with Crippen molar-refractivity contribution in [2.24, 2.45) is 0 Å². The van der Waals surface area contributed by atoms with E-state index >= 15 is 0 Å². The number of amides is 1. The molecule has 0 saturated carbocycles. The Morgan fingerprint density at radius 2 is 1.70 bits per heavy atom. The van der Waals surface area contributed by atoms with E-state index in [9.17, 15) is 22.8 Å². The van der Waals surface area contributed by atoms with Crippen molar-refractivity contribution in [3.8, 4) is 11.5 Å². The molecule has 1 heterocycles. The SMILES string of the molecule is CC(=O)Nc1ccc(C(=O)COC(=O)CCCNS(=O)(=O)c2ccc3c(c2)OCCO3)cc1. The molecular formula is C22H24N2O8S. The lowest BCUT2D eigenvalue weighted by Gasteiger charge is -2.18. The van der Waals surface area contributed by atoms with Crippen LogP contribution in [0.25, 0.3) is 0 Å². The maximum Gasteiger partial charge on any atom is 0.306 e. The third kappa shape index (κ3) is 7.02. The van der Waals surface area contributed by atoms with Gasteiger partial charge in [-0.15, -0.1) is 0 Å². The van der Waals surface area contributed by atoms with Crippen molar-refractivity contribution < 1.29 is 37.0 Å². The van der Waals surface area contributed by atoms with E-state index < -0.39 is 28.4 Å². The number of esters is 1. The molecule has 176 valence electrons. The molecule has 1 aliphatic rings. The lowest BCUT2D eigenvalue weighted by atomic mass is 10.1. The molecule has 33 heavy (non-hydrogen) atoms. The quantitative estimate of drug-likeness (QED) is 0.301. The normalized spacial score (nSPS) is 12.6. The minimum Gasteiger partial charge on any atom is -0.486 e. The Bertz CT molecular complexity index is 1130. The monoisotopic (exact) mass is 476 g/mol. The molecule has 1 aliphatic heterocycles. The number of carbonyl (C=O) groups excluding carboxylic acids is 3. The first-order valence-electron chi connectivity index (χ1n) is 10.2. The third-order valence-electron chi connectivity index (χ3n) is 4.57. The molecule has 0 aromatic heterocycles. The van der Waals surface area contributed by atoms with Gasteiger partial charge in [-0.25, -0.2) is 13.1 Å². The van der Waals surface area contributed by atoms with Crippen LogP contribution in [0, 0.1) is 0 Å². The minimum absolute atomic E-state index is 0.0183. The van der Waals surface area contributed by atoms with E-state index in [1.807, 2.05) is 0 Å². The van der Waals surface area contributed by atoms with E-state index in [-0.39, 0.29) is 30.2 Å². The first-order valence-corrected chi connectivity index (χ1v) is 11.7. The highest BCUT2D eigenvalue weighted by molar-refractivity contribution is 7.89. The highest BCUT2D eigenvalue weighted by atomic mass is 32.2. The molecule has 2 N–H and O–H groups in total. The highest BCUT2D eigenvalue weighted by Crippen LogP contribution is 2.32. The molecule has 0 atom stereocenters. The molecule has 0 saturated heterocycles. The van der Waals surface area contributed by atoms with Crippen molar-refractivity contribution in [3.63, 3.8) is 0 Å². The second-order valence-corrected chi connectivity index (χ2v) is 8.92. The molecule has 0 unspecified atom stereocenters. The molecule has 0 bridgehead atoms. The summed E-state index contributed by atoms with van der Waals surface area (Å²) in [6.45, 7) is 1.72.